The van der Waals surface area contributed by atoms with Crippen LogP contribution in [0.1, 0.15) is 13.8 Å². The molecule has 0 heterocycles. The van der Waals surface area contributed by atoms with Gasteiger partial charge in [0, 0.05) is 12.3 Å². The average Bonchev–Trinajstić information content (AvgIpc) is 1.59. The molecule has 0 unspecified atom stereocenters. The van der Waals surface area contributed by atoms with Crippen molar-refractivity contribution in [1.82, 2.24) is 5.32 Å². The first-order valence-electron chi connectivity index (χ1n) is 2.71. The molecule has 0 spiro atoms. The van der Waals surface area contributed by atoms with Gasteiger partial charge in [0.2, 0.25) is 0 Å². The lowest BCUT2D eigenvalue weighted by atomic mass is 10.3. The number of hydrogen-bond donors (Lipinski definition) is 3. The average molecular weight is 134 g/mol. The van der Waals surface area contributed by atoms with E-state index in [1.165, 1.54) is 0 Å². The van der Waals surface area contributed by atoms with Crippen molar-refractivity contribution in [3.63, 3.8) is 0 Å². The molecule has 0 bridgehead atoms. The molecule has 0 amide bonds. The summed E-state index contributed by atoms with van der Waals surface area (Å²) in [4.78, 5) is 0. The topological polar surface area (TPSA) is 38.0 Å². The normalized spacial score (nSPS) is 12.0. The molecule has 0 saturated heterocycles. The second-order valence-electron chi connectivity index (χ2n) is 2.37. The quantitative estimate of drug-likeness (QED) is 0.381. The third-order valence-electron chi connectivity index (χ3n) is 0.692. The van der Waals surface area contributed by atoms with Crippen LogP contribution in [0, 0.1) is 0 Å². The van der Waals surface area contributed by atoms with Gasteiger partial charge in [0.25, 0.3) is 0 Å². The molecule has 0 atom stereocenters. The molecule has 0 radical (unpaired) electrons. The van der Waals surface area contributed by atoms with Crippen molar-refractivity contribution in [1.29, 1.82) is 0 Å². The van der Waals surface area contributed by atoms with Gasteiger partial charge in [0.15, 0.2) is 0 Å². The summed E-state index contributed by atoms with van der Waals surface area (Å²) in [5, 5.41) is 3.07. The van der Waals surface area contributed by atoms with Crippen LogP contribution in [-0.4, -0.2) is 18.0 Å². The molecule has 0 aromatic heterocycles. The van der Waals surface area contributed by atoms with E-state index in [0.29, 0.717) is 0 Å². The first kappa shape index (κ1) is 8.27. The van der Waals surface area contributed by atoms with Crippen molar-refractivity contribution in [3.05, 3.63) is 0 Å². The van der Waals surface area contributed by atoms with E-state index in [-0.39, 0.29) is 5.66 Å². The zero-order valence-corrected chi connectivity index (χ0v) is 6.33. The molecule has 3 heteroatoms. The number of hydrogen-bond acceptors (Lipinski definition) is 3. The van der Waals surface area contributed by atoms with E-state index in [1.807, 2.05) is 13.8 Å². The molecule has 8 heavy (non-hydrogen) atoms. The Bertz CT molecular complexity index is 57.9. The van der Waals surface area contributed by atoms with Crippen molar-refractivity contribution in [2.45, 2.75) is 19.5 Å². The van der Waals surface area contributed by atoms with Crippen molar-refractivity contribution < 1.29 is 0 Å². The highest BCUT2D eigenvalue weighted by Gasteiger charge is 2.05. The maximum absolute atomic E-state index is 5.58. The summed E-state index contributed by atoms with van der Waals surface area (Å²) in [5.41, 5.74) is 5.33. The predicted molar refractivity (Wildman–Crippen MR) is 40.1 cm³/mol. The monoisotopic (exact) mass is 134 g/mol. The van der Waals surface area contributed by atoms with Crippen molar-refractivity contribution in [2.75, 3.05) is 12.3 Å². The van der Waals surface area contributed by atoms with Crippen LogP contribution in [0.2, 0.25) is 0 Å². The van der Waals surface area contributed by atoms with Crippen LogP contribution >= 0.6 is 12.6 Å². The van der Waals surface area contributed by atoms with Gasteiger partial charge in [0.1, 0.15) is 0 Å². The van der Waals surface area contributed by atoms with E-state index < -0.39 is 0 Å². The first-order chi connectivity index (χ1) is 3.56. The van der Waals surface area contributed by atoms with Crippen molar-refractivity contribution in [3.8, 4) is 0 Å². The Hall–Kier alpha value is 0.270. The summed E-state index contributed by atoms with van der Waals surface area (Å²) in [5.74, 6) is 0.834. The zero-order valence-electron chi connectivity index (χ0n) is 5.44. The van der Waals surface area contributed by atoms with Crippen LogP contribution in [0.3, 0.4) is 0 Å². The second-order valence-corrected chi connectivity index (χ2v) is 2.82. The second kappa shape index (κ2) is 3.33. The lowest BCUT2D eigenvalue weighted by molar-refractivity contribution is 0.417. The zero-order chi connectivity index (χ0) is 6.62. The maximum Gasteiger partial charge on any atom is 0.0604 e. The number of thiol groups is 1. The van der Waals surface area contributed by atoms with E-state index in [4.69, 9.17) is 5.73 Å². The Morgan fingerprint density at radius 2 is 2.12 bits per heavy atom. The Labute approximate surface area is 56.2 Å². The highest BCUT2D eigenvalue weighted by atomic mass is 32.1. The summed E-state index contributed by atoms with van der Waals surface area (Å²) in [6.45, 7) is 4.72. The third kappa shape index (κ3) is 6.27. The summed E-state index contributed by atoms with van der Waals surface area (Å²) in [6, 6.07) is 0. The molecule has 0 aliphatic heterocycles. The Morgan fingerprint density at radius 1 is 1.62 bits per heavy atom. The van der Waals surface area contributed by atoms with Crippen LogP contribution in [0.15, 0.2) is 0 Å². The molecule has 0 aromatic rings. The third-order valence-corrected chi connectivity index (χ3v) is 0.916. The molecule has 0 fully saturated rings. The van der Waals surface area contributed by atoms with Crippen LogP contribution in [0.25, 0.3) is 0 Å². The Morgan fingerprint density at radius 3 is 2.25 bits per heavy atom. The summed E-state index contributed by atoms with van der Waals surface area (Å²) >= 11 is 4.01. The van der Waals surface area contributed by atoms with E-state index in [1.54, 1.807) is 0 Å². The fraction of sp³-hybridized carbons (Fsp3) is 1.00. The highest BCUT2D eigenvalue weighted by molar-refractivity contribution is 7.80. The van der Waals surface area contributed by atoms with Crippen LogP contribution in [0.5, 0.6) is 0 Å². The molecule has 3 N–H and O–H groups in total. The minimum Gasteiger partial charge on any atom is -0.314 e. The molecule has 0 aliphatic rings. The van der Waals surface area contributed by atoms with E-state index in [0.717, 1.165) is 12.3 Å². The van der Waals surface area contributed by atoms with Gasteiger partial charge in [-0.15, -0.1) is 0 Å². The Kier molecular flexibility index (Phi) is 3.44. The van der Waals surface area contributed by atoms with Gasteiger partial charge in [-0.25, -0.2) is 0 Å². The van der Waals surface area contributed by atoms with E-state index in [2.05, 4.69) is 17.9 Å². The number of rotatable bonds is 3. The SMILES string of the molecule is CC(C)(N)NCCS. The molecular weight excluding hydrogens is 120 g/mol. The predicted octanol–water partition coefficient (Wildman–Crippen LogP) is 0.201. The largest absolute Gasteiger partial charge is 0.314 e. The summed E-state index contributed by atoms with van der Waals surface area (Å²) < 4.78 is 0. The van der Waals surface area contributed by atoms with Gasteiger partial charge in [-0.05, 0) is 13.8 Å². The minimum atomic E-state index is -0.247. The molecule has 50 valence electrons. The fourth-order valence-corrected chi connectivity index (χ4v) is 0.490. The van der Waals surface area contributed by atoms with Gasteiger partial charge in [0.05, 0.1) is 5.66 Å². The minimum absolute atomic E-state index is 0.247. The molecule has 0 saturated carbocycles. The Balaban J connectivity index is 3.11. The standard InChI is InChI=1S/C5H14N2S/c1-5(2,6)7-3-4-8/h7-8H,3-4,6H2,1-2H3. The smallest absolute Gasteiger partial charge is 0.0604 e. The van der Waals surface area contributed by atoms with Crippen LogP contribution in [-0.2, 0) is 0 Å². The molecule has 2 nitrogen and oxygen atoms in total. The highest BCUT2D eigenvalue weighted by Crippen LogP contribution is 1.87. The molecule has 0 rings (SSSR count). The summed E-state index contributed by atoms with van der Waals surface area (Å²) in [6.07, 6.45) is 0. The lowest BCUT2D eigenvalue weighted by Gasteiger charge is -2.19. The fourth-order valence-electron chi connectivity index (χ4n) is 0.378. The van der Waals surface area contributed by atoms with Gasteiger partial charge in [-0.1, -0.05) is 0 Å². The van der Waals surface area contributed by atoms with Crippen LogP contribution < -0.4 is 11.1 Å². The maximum atomic E-state index is 5.58. The van der Waals surface area contributed by atoms with Crippen molar-refractivity contribution in [2.24, 2.45) is 5.73 Å². The van der Waals surface area contributed by atoms with Gasteiger partial charge in [-0.3, -0.25) is 5.32 Å². The molecular formula is C5H14N2S. The summed E-state index contributed by atoms with van der Waals surface area (Å²) in [7, 11) is 0. The van der Waals surface area contributed by atoms with E-state index >= 15 is 0 Å². The van der Waals surface area contributed by atoms with Gasteiger partial charge in [-0.2, -0.15) is 12.6 Å². The van der Waals surface area contributed by atoms with Crippen LogP contribution in [0.4, 0.5) is 0 Å². The lowest BCUT2D eigenvalue weighted by Crippen LogP contribution is -2.48. The van der Waals surface area contributed by atoms with E-state index in [9.17, 15) is 0 Å². The first-order valence-corrected chi connectivity index (χ1v) is 3.34. The number of nitrogens with one attached hydrogen (secondary N) is 1. The molecule has 0 aromatic carbocycles. The number of nitrogens with two attached hydrogens (primary N) is 1. The van der Waals surface area contributed by atoms with Crippen molar-refractivity contribution >= 4 is 12.6 Å². The molecule has 0 aliphatic carbocycles. The van der Waals surface area contributed by atoms with Gasteiger partial charge < -0.3 is 5.73 Å². The van der Waals surface area contributed by atoms with Gasteiger partial charge >= 0.3 is 0 Å².